The Morgan fingerprint density at radius 1 is 0.946 bits per heavy atom. The molecular weight excluding hydrogens is 474 g/mol. The van der Waals surface area contributed by atoms with Gasteiger partial charge in [-0.3, -0.25) is 4.79 Å². The number of para-hydroxylation sites is 1. The number of thioether (sulfide) groups is 1. The van der Waals surface area contributed by atoms with Gasteiger partial charge in [-0.05, 0) is 40.7 Å². The first-order chi connectivity index (χ1) is 17.8. The number of nitrogens with one attached hydrogen (secondary N) is 1. The lowest BCUT2D eigenvalue weighted by molar-refractivity contribution is -0.113. The molecule has 0 saturated heterocycles. The highest BCUT2D eigenvalue weighted by Crippen LogP contribution is 2.35. The maximum atomic E-state index is 12.9. The van der Waals surface area contributed by atoms with Crippen LogP contribution in [-0.2, 0) is 16.6 Å². The first-order valence-corrected chi connectivity index (χ1v) is 13.4. The van der Waals surface area contributed by atoms with Crippen LogP contribution in [0, 0.1) is 11.3 Å². The van der Waals surface area contributed by atoms with Crippen molar-refractivity contribution in [3.63, 3.8) is 0 Å². The second kappa shape index (κ2) is 11.5. The van der Waals surface area contributed by atoms with Gasteiger partial charge in [0.15, 0.2) is 0 Å². The van der Waals surface area contributed by atoms with Gasteiger partial charge in [0.05, 0.1) is 17.0 Å². The molecule has 0 radical (unpaired) electrons. The zero-order chi connectivity index (χ0) is 26.4. The van der Waals surface area contributed by atoms with Gasteiger partial charge in [0.25, 0.3) is 0 Å². The predicted octanol–water partition coefficient (Wildman–Crippen LogP) is 7.88. The van der Waals surface area contributed by atoms with Crippen molar-refractivity contribution in [2.45, 2.75) is 44.6 Å². The van der Waals surface area contributed by atoms with Crippen molar-refractivity contribution in [3.05, 3.63) is 102 Å². The number of hydrogen-bond acceptors (Lipinski definition) is 4. The number of benzene rings is 3. The fraction of sp³-hybridized carbons (Fsp3) is 0.219. The standard InChI is InChI=1S/C32H31N3OS/c1-5-22-11-9-10-14-28(22)34-30(36)21-37-31-27(20-33)26(19-29(35-31)24-12-7-6-8-13-24)23-15-17-25(18-16-23)32(2,3)4/h6-19H,5,21H2,1-4H3,(H,34,36). The summed E-state index contributed by atoms with van der Waals surface area (Å²) in [6.07, 6.45) is 0.834. The van der Waals surface area contributed by atoms with Gasteiger partial charge in [0.1, 0.15) is 11.1 Å². The maximum Gasteiger partial charge on any atom is 0.234 e. The normalized spacial score (nSPS) is 11.1. The van der Waals surface area contributed by atoms with Crippen LogP contribution in [0.4, 0.5) is 5.69 Å². The number of pyridine rings is 1. The molecule has 0 aliphatic rings. The van der Waals surface area contributed by atoms with E-state index in [2.05, 4.69) is 63.3 Å². The van der Waals surface area contributed by atoms with E-state index in [0.717, 1.165) is 40.1 Å². The van der Waals surface area contributed by atoms with Crippen LogP contribution in [0.3, 0.4) is 0 Å². The summed E-state index contributed by atoms with van der Waals surface area (Å²) in [6.45, 7) is 8.61. The molecule has 4 aromatic rings. The fourth-order valence-corrected chi connectivity index (χ4v) is 4.94. The van der Waals surface area contributed by atoms with E-state index in [1.165, 1.54) is 17.3 Å². The van der Waals surface area contributed by atoms with Crippen molar-refractivity contribution in [3.8, 4) is 28.5 Å². The number of rotatable bonds is 7. The lowest BCUT2D eigenvalue weighted by atomic mass is 9.86. The van der Waals surface area contributed by atoms with Gasteiger partial charge in [-0.15, -0.1) is 0 Å². The number of amides is 1. The molecule has 4 rings (SSSR count). The van der Waals surface area contributed by atoms with Crippen LogP contribution in [-0.4, -0.2) is 16.6 Å². The molecule has 0 fully saturated rings. The van der Waals surface area contributed by atoms with E-state index in [9.17, 15) is 10.1 Å². The topological polar surface area (TPSA) is 65.8 Å². The molecule has 186 valence electrons. The Balaban J connectivity index is 1.69. The number of nitriles is 1. The van der Waals surface area contributed by atoms with E-state index in [4.69, 9.17) is 4.98 Å². The van der Waals surface area contributed by atoms with Crippen LogP contribution in [0.1, 0.15) is 44.4 Å². The molecule has 1 amide bonds. The molecule has 0 aliphatic carbocycles. The molecular formula is C32H31N3OS. The Labute approximate surface area is 223 Å². The van der Waals surface area contributed by atoms with Crippen LogP contribution < -0.4 is 5.32 Å². The zero-order valence-corrected chi connectivity index (χ0v) is 22.5. The maximum absolute atomic E-state index is 12.9. The highest BCUT2D eigenvalue weighted by Gasteiger charge is 2.19. The molecule has 0 spiro atoms. The molecule has 0 bridgehead atoms. The summed E-state index contributed by atoms with van der Waals surface area (Å²) in [5.74, 6) is 0.0261. The minimum Gasteiger partial charge on any atom is -0.325 e. The number of aryl methyl sites for hydroxylation is 1. The molecule has 0 unspecified atom stereocenters. The van der Waals surface area contributed by atoms with Gasteiger partial charge in [0.2, 0.25) is 5.91 Å². The van der Waals surface area contributed by atoms with Crippen LogP contribution in [0.25, 0.3) is 22.4 Å². The minimum atomic E-state index is -0.127. The summed E-state index contributed by atoms with van der Waals surface area (Å²) in [4.78, 5) is 17.7. The number of nitrogens with zero attached hydrogens (tertiary/aromatic N) is 2. The van der Waals surface area contributed by atoms with Gasteiger partial charge in [-0.1, -0.05) is 112 Å². The summed E-state index contributed by atoms with van der Waals surface area (Å²) < 4.78 is 0. The van der Waals surface area contributed by atoms with Crippen LogP contribution in [0.2, 0.25) is 0 Å². The quantitative estimate of drug-likeness (QED) is 0.259. The predicted molar refractivity (Wildman–Crippen MR) is 154 cm³/mol. The SMILES string of the molecule is CCc1ccccc1NC(=O)CSc1nc(-c2ccccc2)cc(-c2ccc(C(C)(C)C)cc2)c1C#N. The third-order valence-corrected chi connectivity index (χ3v) is 7.22. The highest BCUT2D eigenvalue weighted by molar-refractivity contribution is 8.00. The molecule has 5 heteroatoms. The minimum absolute atomic E-state index is 0.0365. The Kier molecular flexibility index (Phi) is 8.11. The number of hydrogen-bond donors (Lipinski definition) is 1. The van der Waals surface area contributed by atoms with Crippen molar-refractivity contribution < 1.29 is 4.79 Å². The van der Waals surface area contributed by atoms with Crippen molar-refractivity contribution in [2.75, 3.05) is 11.1 Å². The third-order valence-electron chi connectivity index (χ3n) is 6.24. The molecule has 1 N–H and O–H groups in total. The summed E-state index contributed by atoms with van der Waals surface area (Å²) in [5, 5.41) is 13.7. The Bertz CT molecular complexity index is 1430. The number of aromatic nitrogens is 1. The number of carbonyl (C=O) groups excluding carboxylic acids is 1. The summed E-state index contributed by atoms with van der Waals surface area (Å²) in [5.41, 5.74) is 7.15. The van der Waals surface area contributed by atoms with Gasteiger partial charge in [-0.2, -0.15) is 5.26 Å². The molecule has 0 saturated carbocycles. The zero-order valence-electron chi connectivity index (χ0n) is 21.7. The number of carbonyl (C=O) groups is 1. The van der Waals surface area contributed by atoms with Crippen molar-refractivity contribution >= 4 is 23.4 Å². The first-order valence-electron chi connectivity index (χ1n) is 12.4. The molecule has 1 heterocycles. The Morgan fingerprint density at radius 2 is 1.62 bits per heavy atom. The van der Waals surface area contributed by atoms with Gasteiger partial charge in [-0.25, -0.2) is 4.98 Å². The smallest absolute Gasteiger partial charge is 0.234 e. The van der Waals surface area contributed by atoms with E-state index in [1.54, 1.807) is 0 Å². The van der Waals surface area contributed by atoms with Crippen LogP contribution in [0.15, 0.2) is 90.0 Å². The van der Waals surface area contributed by atoms with E-state index in [1.807, 2.05) is 60.7 Å². The van der Waals surface area contributed by atoms with Crippen molar-refractivity contribution in [1.29, 1.82) is 5.26 Å². The lowest BCUT2D eigenvalue weighted by Gasteiger charge is -2.19. The average Bonchev–Trinajstić information content (AvgIpc) is 2.91. The second-order valence-corrected chi connectivity index (χ2v) is 10.9. The molecule has 0 aliphatic heterocycles. The van der Waals surface area contributed by atoms with Crippen LogP contribution in [0.5, 0.6) is 0 Å². The van der Waals surface area contributed by atoms with Crippen molar-refractivity contribution in [1.82, 2.24) is 4.98 Å². The van der Waals surface area contributed by atoms with Gasteiger partial charge in [0, 0.05) is 16.8 Å². The van der Waals surface area contributed by atoms with Crippen molar-refractivity contribution in [2.24, 2.45) is 0 Å². The molecule has 4 nitrogen and oxygen atoms in total. The first kappa shape index (κ1) is 26.2. The molecule has 3 aromatic carbocycles. The Hall–Kier alpha value is -3.88. The summed E-state index contributed by atoms with van der Waals surface area (Å²) in [7, 11) is 0. The monoisotopic (exact) mass is 505 g/mol. The van der Waals surface area contributed by atoms with Gasteiger partial charge >= 0.3 is 0 Å². The van der Waals surface area contributed by atoms with E-state index in [-0.39, 0.29) is 17.1 Å². The summed E-state index contributed by atoms with van der Waals surface area (Å²) in [6, 6.07) is 30.4. The van der Waals surface area contributed by atoms with E-state index in [0.29, 0.717) is 10.6 Å². The highest BCUT2D eigenvalue weighted by atomic mass is 32.2. The van der Waals surface area contributed by atoms with Crippen LogP contribution >= 0.6 is 11.8 Å². The third kappa shape index (κ3) is 6.28. The molecule has 1 aromatic heterocycles. The number of anilines is 1. The fourth-order valence-electron chi connectivity index (χ4n) is 4.14. The molecule has 37 heavy (non-hydrogen) atoms. The average molecular weight is 506 g/mol. The van der Waals surface area contributed by atoms with Gasteiger partial charge < -0.3 is 5.32 Å². The van der Waals surface area contributed by atoms with E-state index >= 15 is 0 Å². The van der Waals surface area contributed by atoms with E-state index < -0.39 is 0 Å². The largest absolute Gasteiger partial charge is 0.325 e. The molecule has 0 atom stereocenters. The lowest BCUT2D eigenvalue weighted by Crippen LogP contribution is -2.15. The second-order valence-electron chi connectivity index (χ2n) is 9.89. The Morgan fingerprint density at radius 3 is 2.27 bits per heavy atom. The summed E-state index contributed by atoms with van der Waals surface area (Å²) >= 11 is 1.29.